The van der Waals surface area contributed by atoms with Gasteiger partial charge in [0.1, 0.15) is 5.75 Å². The standard InChI is InChI=1S/C16H16BrClO/c1-11-9-13(18)7-8-14(11)15(17)10-12-5-3-4-6-16(12)19-2/h3-9,15H,10H2,1-2H3. The van der Waals surface area contributed by atoms with Crippen LogP contribution < -0.4 is 4.74 Å². The minimum Gasteiger partial charge on any atom is -0.496 e. The zero-order valence-corrected chi connectivity index (χ0v) is 13.3. The lowest BCUT2D eigenvalue weighted by molar-refractivity contribution is 0.409. The lowest BCUT2D eigenvalue weighted by Gasteiger charge is -2.15. The Balaban J connectivity index is 2.23. The van der Waals surface area contributed by atoms with E-state index in [4.69, 9.17) is 16.3 Å². The molecule has 2 rings (SSSR count). The summed E-state index contributed by atoms with van der Waals surface area (Å²) in [7, 11) is 1.70. The monoisotopic (exact) mass is 338 g/mol. The van der Waals surface area contributed by atoms with Gasteiger partial charge in [-0.3, -0.25) is 0 Å². The molecule has 0 saturated heterocycles. The normalized spacial score (nSPS) is 12.2. The van der Waals surface area contributed by atoms with E-state index in [1.807, 2.05) is 30.3 Å². The molecule has 0 aliphatic carbocycles. The van der Waals surface area contributed by atoms with Crippen molar-refractivity contribution < 1.29 is 4.74 Å². The van der Waals surface area contributed by atoms with Crippen molar-refractivity contribution >= 4 is 27.5 Å². The fourth-order valence-corrected chi connectivity index (χ4v) is 3.25. The first-order valence-corrected chi connectivity index (χ1v) is 7.43. The maximum Gasteiger partial charge on any atom is 0.122 e. The van der Waals surface area contributed by atoms with E-state index in [2.05, 4.69) is 35.0 Å². The molecule has 0 radical (unpaired) electrons. The number of methoxy groups -OCH3 is 1. The largest absolute Gasteiger partial charge is 0.496 e. The molecule has 1 unspecified atom stereocenters. The number of benzene rings is 2. The van der Waals surface area contributed by atoms with Crippen LogP contribution >= 0.6 is 27.5 Å². The third kappa shape index (κ3) is 3.52. The topological polar surface area (TPSA) is 9.23 Å². The number of hydrogen-bond acceptors (Lipinski definition) is 1. The summed E-state index contributed by atoms with van der Waals surface area (Å²) >= 11 is 9.76. The van der Waals surface area contributed by atoms with Crippen LogP contribution in [0.3, 0.4) is 0 Å². The zero-order chi connectivity index (χ0) is 13.8. The predicted molar refractivity (Wildman–Crippen MR) is 84.6 cm³/mol. The maximum atomic E-state index is 5.99. The number of hydrogen-bond donors (Lipinski definition) is 0. The molecule has 0 N–H and O–H groups in total. The minimum absolute atomic E-state index is 0.251. The average molecular weight is 340 g/mol. The molecule has 1 atom stereocenters. The second-order valence-electron chi connectivity index (χ2n) is 4.48. The van der Waals surface area contributed by atoms with Gasteiger partial charge in [-0.25, -0.2) is 0 Å². The molecule has 0 fully saturated rings. The van der Waals surface area contributed by atoms with Crippen molar-refractivity contribution in [3.63, 3.8) is 0 Å². The van der Waals surface area contributed by atoms with Crippen molar-refractivity contribution in [1.82, 2.24) is 0 Å². The van der Waals surface area contributed by atoms with Crippen molar-refractivity contribution in [2.24, 2.45) is 0 Å². The van der Waals surface area contributed by atoms with Crippen molar-refractivity contribution in [3.8, 4) is 5.75 Å². The van der Waals surface area contributed by atoms with Gasteiger partial charge in [0.25, 0.3) is 0 Å². The SMILES string of the molecule is COc1ccccc1CC(Br)c1ccc(Cl)cc1C. The van der Waals surface area contributed by atoms with E-state index in [1.165, 1.54) is 16.7 Å². The first-order chi connectivity index (χ1) is 9.11. The zero-order valence-electron chi connectivity index (χ0n) is 11.0. The Morgan fingerprint density at radius 2 is 1.95 bits per heavy atom. The molecule has 0 saturated carbocycles. The summed E-state index contributed by atoms with van der Waals surface area (Å²) in [5, 5.41) is 0.776. The Bertz CT molecular complexity index is 568. The van der Waals surface area contributed by atoms with E-state index in [9.17, 15) is 0 Å². The molecule has 1 nitrogen and oxygen atoms in total. The van der Waals surface area contributed by atoms with Crippen LogP contribution in [0.5, 0.6) is 5.75 Å². The predicted octanol–water partition coefficient (Wildman–Crippen LogP) is 5.34. The highest BCUT2D eigenvalue weighted by Crippen LogP contribution is 2.33. The number of halogens is 2. The third-order valence-corrected chi connectivity index (χ3v) is 4.21. The number of ether oxygens (including phenoxy) is 1. The van der Waals surface area contributed by atoms with Gasteiger partial charge in [-0.15, -0.1) is 0 Å². The van der Waals surface area contributed by atoms with Gasteiger partial charge in [-0.05, 0) is 48.2 Å². The van der Waals surface area contributed by atoms with Crippen LogP contribution in [0.25, 0.3) is 0 Å². The molecule has 0 aliphatic rings. The van der Waals surface area contributed by atoms with Gasteiger partial charge in [0.2, 0.25) is 0 Å². The van der Waals surface area contributed by atoms with Crippen LogP contribution in [-0.4, -0.2) is 7.11 Å². The molecule has 19 heavy (non-hydrogen) atoms. The van der Waals surface area contributed by atoms with E-state index in [0.29, 0.717) is 0 Å². The average Bonchev–Trinajstić information content (AvgIpc) is 2.39. The number of aryl methyl sites for hydroxylation is 1. The van der Waals surface area contributed by atoms with Crippen LogP contribution in [0.1, 0.15) is 21.5 Å². The molecular formula is C16H16BrClO. The minimum atomic E-state index is 0.251. The Morgan fingerprint density at radius 1 is 1.21 bits per heavy atom. The quantitative estimate of drug-likeness (QED) is 0.684. The van der Waals surface area contributed by atoms with E-state index >= 15 is 0 Å². The maximum absolute atomic E-state index is 5.99. The second kappa shape index (κ2) is 6.44. The Labute approximate surface area is 127 Å². The van der Waals surface area contributed by atoms with Gasteiger partial charge in [0, 0.05) is 9.85 Å². The highest BCUT2D eigenvalue weighted by Gasteiger charge is 2.13. The summed E-state index contributed by atoms with van der Waals surface area (Å²) in [6.45, 7) is 2.08. The summed E-state index contributed by atoms with van der Waals surface area (Å²) in [6.07, 6.45) is 0.881. The van der Waals surface area contributed by atoms with Gasteiger partial charge >= 0.3 is 0 Å². The molecule has 3 heteroatoms. The molecule has 0 aliphatic heterocycles. The summed E-state index contributed by atoms with van der Waals surface area (Å²) in [4.78, 5) is 0.251. The summed E-state index contributed by atoms with van der Waals surface area (Å²) < 4.78 is 5.39. The van der Waals surface area contributed by atoms with E-state index in [1.54, 1.807) is 7.11 Å². The summed E-state index contributed by atoms with van der Waals surface area (Å²) in [6, 6.07) is 14.1. The lowest BCUT2D eigenvalue weighted by atomic mass is 10.00. The highest BCUT2D eigenvalue weighted by atomic mass is 79.9. The molecule has 0 spiro atoms. The van der Waals surface area contributed by atoms with Crippen LogP contribution in [0.4, 0.5) is 0 Å². The molecule has 0 bridgehead atoms. The van der Waals surface area contributed by atoms with Gasteiger partial charge in [-0.1, -0.05) is 51.8 Å². The van der Waals surface area contributed by atoms with E-state index < -0.39 is 0 Å². The van der Waals surface area contributed by atoms with Crippen molar-refractivity contribution in [3.05, 3.63) is 64.2 Å². The molecule has 0 amide bonds. The molecule has 0 aromatic heterocycles. The van der Waals surface area contributed by atoms with Crippen molar-refractivity contribution in [2.75, 3.05) is 7.11 Å². The smallest absolute Gasteiger partial charge is 0.122 e. The molecular weight excluding hydrogens is 324 g/mol. The molecule has 100 valence electrons. The first kappa shape index (κ1) is 14.4. The number of rotatable bonds is 4. The highest BCUT2D eigenvalue weighted by molar-refractivity contribution is 9.09. The van der Waals surface area contributed by atoms with Crippen LogP contribution in [0, 0.1) is 6.92 Å². The van der Waals surface area contributed by atoms with Gasteiger partial charge in [0.15, 0.2) is 0 Å². The molecule has 2 aromatic carbocycles. The van der Waals surface area contributed by atoms with Gasteiger partial charge < -0.3 is 4.74 Å². The molecule has 0 heterocycles. The van der Waals surface area contributed by atoms with Crippen LogP contribution in [-0.2, 0) is 6.42 Å². The van der Waals surface area contributed by atoms with Crippen LogP contribution in [0.15, 0.2) is 42.5 Å². The van der Waals surface area contributed by atoms with Crippen molar-refractivity contribution in [2.45, 2.75) is 18.2 Å². The van der Waals surface area contributed by atoms with Crippen molar-refractivity contribution in [1.29, 1.82) is 0 Å². The Kier molecular flexibility index (Phi) is 4.89. The van der Waals surface area contributed by atoms with E-state index in [-0.39, 0.29) is 4.83 Å². The second-order valence-corrected chi connectivity index (χ2v) is 6.03. The third-order valence-electron chi connectivity index (χ3n) is 3.16. The molecule has 2 aromatic rings. The van der Waals surface area contributed by atoms with E-state index in [0.717, 1.165) is 17.2 Å². The Morgan fingerprint density at radius 3 is 2.63 bits per heavy atom. The summed E-state index contributed by atoms with van der Waals surface area (Å²) in [5.74, 6) is 0.929. The van der Waals surface area contributed by atoms with Crippen LogP contribution in [0.2, 0.25) is 5.02 Å². The first-order valence-electron chi connectivity index (χ1n) is 6.14. The number of para-hydroxylation sites is 1. The Hall–Kier alpha value is -0.990. The number of alkyl halides is 1. The lowest BCUT2D eigenvalue weighted by Crippen LogP contribution is -2.00. The van der Waals surface area contributed by atoms with Gasteiger partial charge in [0.05, 0.1) is 7.11 Å². The summed E-state index contributed by atoms with van der Waals surface area (Å²) in [5.41, 5.74) is 3.65. The fraction of sp³-hybridized carbons (Fsp3) is 0.250. The van der Waals surface area contributed by atoms with Gasteiger partial charge in [-0.2, -0.15) is 0 Å². The fourth-order valence-electron chi connectivity index (χ4n) is 2.17.